The van der Waals surface area contributed by atoms with Gasteiger partial charge in [-0.25, -0.2) is 4.68 Å². The minimum absolute atomic E-state index is 0.120. The monoisotopic (exact) mass is 381 g/mol. The molecule has 0 aliphatic rings. The van der Waals surface area contributed by atoms with E-state index in [0.717, 1.165) is 39.5 Å². The fraction of sp³-hybridized carbons (Fsp3) is 0.120. The van der Waals surface area contributed by atoms with Crippen LogP contribution in [0.1, 0.15) is 27.2 Å². The summed E-state index contributed by atoms with van der Waals surface area (Å²) >= 11 is 0. The van der Waals surface area contributed by atoms with Gasteiger partial charge in [0.1, 0.15) is 0 Å². The Morgan fingerprint density at radius 3 is 2.31 bits per heavy atom. The van der Waals surface area contributed by atoms with Crippen LogP contribution >= 0.6 is 0 Å². The van der Waals surface area contributed by atoms with Gasteiger partial charge in [-0.05, 0) is 68.3 Å². The first-order valence-corrected chi connectivity index (χ1v) is 9.63. The van der Waals surface area contributed by atoms with Crippen LogP contribution in [0.15, 0.2) is 78.9 Å². The normalized spacial score (nSPS) is 10.7. The van der Waals surface area contributed by atoms with Crippen LogP contribution in [0.5, 0.6) is 0 Å². The van der Waals surface area contributed by atoms with E-state index >= 15 is 0 Å². The molecule has 4 heteroatoms. The number of nitrogens with one attached hydrogen (secondary N) is 1. The van der Waals surface area contributed by atoms with Crippen molar-refractivity contribution in [3.8, 4) is 16.9 Å². The molecule has 0 aliphatic heterocycles. The summed E-state index contributed by atoms with van der Waals surface area (Å²) in [5.74, 6) is -0.120. The Hall–Kier alpha value is -3.66. The van der Waals surface area contributed by atoms with E-state index in [1.54, 1.807) is 0 Å². The molecule has 1 N–H and O–H groups in total. The molecule has 1 heterocycles. The smallest absolute Gasteiger partial charge is 0.255 e. The molecule has 144 valence electrons. The van der Waals surface area contributed by atoms with Crippen LogP contribution in [0.4, 0.5) is 5.69 Å². The van der Waals surface area contributed by atoms with Gasteiger partial charge < -0.3 is 5.32 Å². The summed E-state index contributed by atoms with van der Waals surface area (Å²) < 4.78 is 1.91. The van der Waals surface area contributed by atoms with E-state index < -0.39 is 0 Å². The van der Waals surface area contributed by atoms with E-state index in [2.05, 4.69) is 28.6 Å². The molecular formula is C25H23N3O. The van der Waals surface area contributed by atoms with Crippen LogP contribution in [0, 0.1) is 20.8 Å². The number of rotatable bonds is 4. The maximum absolute atomic E-state index is 12.7. The number of carbonyl (C=O) groups is 1. The maximum atomic E-state index is 12.7. The summed E-state index contributed by atoms with van der Waals surface area (Å²) in [6.07, 6.45) is 0. The Morgan fingerprint density at radius 2 is 1.59 bits per heavy atom. The average molecular weight is 381 g/mol. The average Bonchev–Trinajstić information content (AvgIpc) is 3.14. The molecule has 0 saturated carbocycles. The molecule has 0 spiro atoms. The van der Waals surface area contributed by atoms with Gasteiger partial charge in [0.15, 0.2) is 0 Å². The third kappa shape index (κ3) is 3.83. The molecular weight excluding hydrogens is 358 g/mol. The molecule has 29 heavy (non-hydrogen) atoms. The topological polar surface area (TPSA) is 46.9 Å². The molecule has 4 aromatic rings. The Morgan fingerprint density at radius 1 is 0.862 bits per heavy atom. The second-order valence-corrected chi connectivity index (χ2v) is 7.20. The van der Waals surface area contributed by atoms with Crippen molar-refractivity contribution in [3.05, 3.63) is 101 Å². The minimum atomic E-state index is -0.120. The zero-order chi connectivity index (χ0) is 20.4. The SMILES string of the molecule is Cc1cc(-c2ccccc2)n(-c2ccc(C(=O)Nc3cccc(C)c3C)cc2)n1. The highest BCUT2D eigenvalue weighted by Gasteiger charge is 2.12. The van der Waals surface area contributed by atoms with Crippen LogP contribution in [-0.4, -0.2) is 15.7 Å². The number of amides is 1. The van der Waals surface area contributed by atoms with Gasteiger partial charge in [-0.3, -0.25) is 4.79 Å². The van der Waals surface area contributed by atoms with Crippen molar-refractivity contribution in [1.82, 2.24) is 9.78 Å². The zero-order valence-corrected chi connectivity index (χ0v) is 16.8. The van der Waals surface area contributed by atoms with Gasteiger partial charge in [0.25, 0.3) is 5.91 Å². The summed E-state index contributed by atoms with van der Waals surface area (Å²) in [4.78, 5) is 12.7. The van der Waals surface area contributed by atoms with E-state index in [4.69, 9.17) is 0 Å². The van der Waals surface area contributed by atoms with Gasteiger partial charge in [0, 0.05) is 16.8 Å². The molecule has 0 saturated heterocycles. The zero-order valence-electron chi connectivity index (χ0n) is 16.8. The minimum Gasteiger partial charge on any atom is -0.322 e. The molecule has 0 bridgehead atoms. The number of hydrogen-bond donors (Lipinski definition) is 1. The van der Waals surface area contributed by atoms with Crippen LogP contribution in [0.25, 0.3) is 16.9 Å². The molecule has 1 amide bonds. The number of aromatic nitrogens is 2. The lowest BCUT2D eigenvalue weighted by Crippen LogP contribution is -2.13. The van der Waals surface area contributed by atoms with E-state index in [9.17, 15) is 4.79 Å². The van der Waals surface area contributed by atoms with Crippen molar-refractivity contribution in [3.63, 3.8) is 0 Å². The third-order valence-corrected chi connectivity index (χ3v) is 5.13. The largest absolute Gasteiger partial charge is 0.322 e. The number of hydrogen-bond acceptors (Lipinski definition) is 2. The highest BCUT2D eigenvalue weighted by atomic mass is 16.1. The molecule has 0 aliphatic carbocycles. The van der Waals surface area contributed by atoms with Crippen molar-refractivity contribution >= 4 is 11.6 Å². The highest BCUT2D eigenvalue weighted by molar-refractivity contribution is 6.04. The summed E-state index contributed by atoms with van der Waals surface area (Å²) in [5, 5.41) is 7.64. The Balaban J connectivity index is 1.61. The molecule has 0 radical (unpaired) electrons. The third-order valence-electron chi connectivity index (χ3n) is 5.13. The first-order chi connectivity index (χ1) is 14.0. The molecule has 0 fully saturated rings. The van der Waals surface area contributed by atoms with Gasteiger partial charge in [-0.15, -0.1) is 0 Å². The second kappa shape index (κ2) is 7.76. The predicted molar refractivity (Wildman–Crippen MR) is 118 cm³/mol. The molecule has 4 rings (SSSR count). The van der Waals surface area contributed by atoms with Gasteiger partial charge in [0.2, 0.25) is 0 Å². The van der Waals surface area contributed by atoms with Crippen molar-refractivity contribution in [2.24, 2.45) is 0 Å². The fourth-order valence-electron chi connectivity index (χ4n) is 3.35. The van der Waals surface area contributed by atoms with Gasteiger partial charge in [-0.2, -0.15) is 5.10 Å². The fourth-order valence-corrected chi connectivity index (χ4v) is 3.35. The number of anilines is 1. The van der Waals surface area contributed by atoms with Crippen LogP contribution in [0.2, 0.25) is 0 Å². The number of benzene rings is 3. The Bertz CT molecular complexity index is 1160. The lowest BCUT2D eigenvalue weighted by atomic mass is 10.1. The lowest BCUT2D eigenvalue weighted by Gasteiger charge is -2.11. The Kier molecular flexibility index (Phi) is 5.00. The second-order valence-electron chi connectivity index (χ2n) is 7.20. The van der Waals surface area contributed by atoms with Crippen LogP contribution in [-0.2, 0) is 0 Å². The van der Waals surface area contributed by atoms with Gasteiger partial charge >= 0.3 is 0 Å². The predicted octanol–water partition coefficient (Wildman–Crippen LogP) is 5.72. The van der Waals surface area contributed by atoms with Crippen molar-refractivity contribution < 1.29 is 4.79 Å². The standard InChI is InChI=1S/C25H23N3O/c1-17-8-7-11-23(19(17)3)26-25(29)21-12-14-22(15-13-21)28-24(16-18(2)27-28)20-9-5-4-6-10-20/h4-16H,1-3H3,(H,26,29). The maximum Gasteiger partial charge on any atom is 0.255 e. The van der Waals surface area contributed by atoms with Gasteiger partial charge in [0.05, 0.1) is 17.1 Å². The Labute approximate surface area is 170 Å². The van der Waals surface area contributed by atoms with E-state index in [0.29, 0.717) is 5.56 Å². The molecule has 0 unspecified atom stereocenters. The first-order valence-electron chi connectivity index (χ1n) is 9.63. The van der Waals surface area contributed by atoms with Crippen molar-refractivity contribution in [2.45, 2.75) is 20.8 Å². The quantitative estimate of drug-likeness (QED) is 0.492. The summed E-state index contributed by atoms with van der Waals surface area (Å²) in [7, 11) is 0. The van der Waals surface area contributed by atoms with Crippen LogP contribution < -0.4 is 5.32 Å². The summed E-state index contributed by atoms with van der Waals surface area (Å²) in [6.45, 7) is 6.03. The highest BCUT2D eigenvalue weighted by Crippen LogP contribution is 2.24. The number of carbonyl (C=O) groups excluding carboxylic acids is 1. The van der Waals surface area contributed by atoms with Crippen molar-refractivity contribution in [1.29, 1.82) is 0 Å². The van der Waals surface area contributed by atoms with E-state index in [1.807, 2.05) is 86.1 Å². The van der Waals surface area contributed by atoms with Gasteiger partial charge in [-0.1, -0.05) is 42.5 Å². The molecule has 0 atom stereocenters. The van der Waals surface area contributed by atoms with E-state index in [1.165, 1.54) is 0 Å². The summed E-state index contributed by atoms with van der Waals surface area (Å²) in [5.41, 5.74) is 7.67. The molecule has 1 aromatic heterocycles. The molecule has 3 aromatic carbocycles. The van der Waals surface area contributed by atoms with Crippen LogP contribution in [0.3, 0.4) is 0 Å². The molecule has 4 nitrogen and oxygen atoms in total. The first kappa shape index (κ1) is 18.7. The number of nitrogens with zero attached hydrogens (tertiary/aromatic N) is 2. The lowest BCUT2D eigenvalue weighted by molar-refractivity contribution is 0.102. The summed E-state index contributed by atoms with van der Waals surface area (Å²) in [6, 6.07) is 25.7. The van der Waals surface area contributed by atoms with E-state index in [-0.39, 0.29) is 5.91 Å². The number of aryl methyl sites for hydroxylation is 2. The van der Waals surface area contributed by atoms with Crippen molar-refractivity contribution in [2.75, 3.05) is 5.32 Å².